The fourth-order valence-electron chi connectivity index (χ4n) is 5.14. The number of thiazole rings is 1. The smallest absolute Gasteiger partial charge is 0.334 e. The Hall–Kier alpha value is -3.86. The Morgan fingerprint density at radius 2 is 1.76 bits per heavy atom. The molecule has 2 aliphatic rings. The highest BCUT2D eigenvalue weighted by Gasteiger charge is 2.54. The molecule has 0 radical (unpaired) electrons. The average molecular weight is 744 g/mol. The van der Waals surface area contributed by atoms with Gasteiger partial charge >= 0.3 is 5.97 Å². The number of thioether (sulfide) groups is 1. The molecule has 1 aromatic heterocycles. The lowest BCUT2D eigenvalue weighted by molar-refractivity contribution is -0.165. The summed E-state index contributed by atoms with van der Waals surface area (Å²) < 4.78 is 11.8. The maximum absolute atomic E-state index is 13.7. The number of hydrogen-bond acceptors (Lipinski definition) is 12. The molecule has 1 saturated heterocycles. The number of benzene rings is 2. The topological polar surface area (TPSA) is 148 Å². The minimum absolute atomic E-state index is 0.0245. The summed E-state index contributed by atoms with van der Waals surface area (Å²) in [4.78, 5) is 61.8. The highest BCUT2D eigenvalue weighted by molar-refractivity contribution is 8.00. The van der Waals surface area contributed by atoms with E-state index in [0.717, 1.165) is 28.0 Å². The summed E-state index contributed by atoms with van der Waals surface area (Å²) in [6, 6.07) is 17.1. The molecule has 2 aliphatic heterocycles. The van der Waals surface area contributed by atoms with Crippen LogP contribution in [0, 0.1) is 0 Å². The fraction of sp³-hybridized carbons (Fsp3) is 0.333. The number of halogens is 1. The molecule has 2 aromatic carbocycles. The maximum atomic E-state index is 13.7. The molecule has 1 fully saturated rings. The second kappa shape index (κ2) is 15.8. The van der Waals surface area contributed by atoms with Gasteiger partial charge in [0.2, 0.25) is 17.4 Å². The van der Waals surface area contributed by atoms with Crippen molar-refractivity contribution in [2.75, 3.05) is 17.7 Å². The minimum Gasteiger partial charge on any atom is -0.469 e. The van der Waals surface area contributed by atoms with Crippen molar-refractivity contribution in [1.82, 2.24) is 20.7 Å². The van der Waals surface area contributed by atoms with Crippen molar-refractivity contribution in [3.8, 4) is 0 Å². The van der Waals surface area contributed by atoms with Gasteiger partial charge in [0.15, 0.2) is 17.8 Å². The van der Waals surface area contributed by atoms with Crippen molar-refractivity contribution in [1.29, 1.82) is 0 Å². The van der Waals surface area contributed by atoms with Crippen LogP contribution in [0.4, 0.5) is 5.13 Å². The first-order valence-electron chi connectivity index (χ1n) is 15.1. The number of hydroxylamine groups is 1. The number of nitrogens with one attached hydrogen (secondary N) is 3. The predicted molar refractivity (Wildman–Crippen MR) is 191 cm³/mol. The Kier molecular flexibility index (Phi) is 11.7. The highest BCUT2D eigenvalue weighted by Crippen LogP contribution is 2.42. The number of carbonyl (C=O) groups is 4. The van der Waals surface area contributed by atoms with Gasteiger partial charge in [-0.2, -0.15) is 5.48 Å². The Morgan fingerprint density at radius 1 is 1.12 bits per heavy atom. The number of aromatic nitrogens is 1. The van der Waals surface area contributed by atoms with Crippen molar-refractivity contribution >= 4 is 81.3 Å². The first kappa shape index (κ1) is 36.4. The summed E-state index contributed by atoms with van der Waals surface area (Å²) in [6.45, 7) is 6.48. The van der Waals surface area contributed by atoms with E-state index < -0.39 is 47.6 Å². The lowest BCUT2D eigenvalue weighted by Gasteiger charge is -2.50. The van der Waals surface area contributed by atoms with Crippen LogP contribution in [-0.4, -0.2) is 68.5 Å². The molecule has 0 bridgehead atoms. The zero-order chi connectivity index (χ0) is 35.3. The van der Waals surface area contributed by atoms with Crippen LogP contribution in [0.3, 0.4) is 0 Å². The quantitative estimate of drug-likeness (QED) is 0.0708. The van der Waals surface area contributed by atoms with E-state index in [1.807, 2.05) is 67.6 Å². The molecule has 3 aromatic rings. The minimum atomic E-state index is -1.36. The van der Waals surface area contributed by atoms with Crippen molar-refractivity contribution in [2.24, 2.45) is 0 Å². The first-order chi connectivity index (χ1) is 23.4. The molecule has 16 heteroatoms. The van der Waals surface area contributed by atoms with E-state index in [-0.39, 0.29) is 26.1 Å². The second-order valence-electron chi connectivity index (χ2n) is 12.0. The van der Waals surface area contributed by atoms with E-state index in [4.69, 9.17) is 38.1 Å². The van der Waals surface area contributed by atoms with Crippen LogP contribution in [0.15, 0.2) is 71.9 Å². The van der Waals surface area contributed by atoms with Crippen molar-refractivity contribution < 1.29 is 33.5 Å². The van der Waals surface area contributed by atoms with Gasteiger partial charge in [-0.25, -0.2) is 9.78 Å². The third-order valence-electron chi connectivity index (χ3n) is 7.22. The SMILES string of the molecule is CC1=C(C(=S)OC(c2ccccc2)c2ccccc2)N2C(=O)C(NC(=O)C(NOCC(=O)OC(C)(C)C)c3nc(NC=O)sc3Cl)[C@H]2SC1. The summed E-state index contributed by atoms with van der Waals surface area (Å²) in [5.41, 5.74) is 4.96. The number of carbonyl (C=O) groups excluding carboxylic acids is 4. The van der Waals surface area contributed by atoms with Gasteiger partial charge in [0.25, 0.3) is 5.91 Å². The number of thiocarbonyl (C=S) groups is 1. The van der Waals surface area contributed by atoms with Crippen LogP contribution in [0.2, 0.25) is 4.34 Å². The molecule has 3 atom stereocenters. The zero-order valence-corrected chi connectivity index (χ0v) is 30.1. The van der Waals surface area contributed by atoms with E-state index in [1.54, 1.807) is 25.7 Å². The summed E-state index contributed by atoms with van der Waals surface area (Å²) in [7, 11) is 0. The number of ether oxygens (including phenoxy) is 2. The lowest BCUT2D eigenvalue weighted by atomic mass is 10.0. The summed E-state index contributed by atoms with van der Waals surface area (Å²) >= 11 is 14.6. The Morgan fingerprint density at radius 3 is 2.35 bits per heavy atom. The van der Waals surface area contributed by atoms with Crippen LogP contribution in [-0.2, 0) is 33.5 Å². The number of esters is 1. The molecule has 0 aliphatic carbocycles. The monoisotopic (exact) mass is 743 g/mol. The Balaban J connectivity index is 1.32. The molecule has 12 nitrogen and oxygen atoms in total. The standard InChI is InChI=1S/C33H34ClN5O7S3/c1-18-16-48-30-24(29(43)39(30)25(18)31(47)45-26(19-11-7-5-8-12-19)20-13-9-6-10-14-20)36-28(42)23(22-27(34)49-32(37-22)35-17-40)38-44-15-21(41)46-33(2,3)4/h5-14,17,23-24,26,30,38H,15-16H2,1-4H3,(H,36,42)(H,35,37,40)/t23?,24?,30-/m1/s1. The first-order valence-corrected chi connectivity index (χ1v) is 17.7. The number of amides is 3. The van der Waals surface area contributed by atoms with Gasteiger partial charge in [-0.3, -0.25) is 24.1 Å². The van der Waals surface area contributed by atoms with E-state index in [1.165, 1.54) is 11.8 Å². The van der Waals surface area contributed by atoms with Gasteiger partial charge in [-0.05, 0) is 56.6 Å². The molecule has 0 saturated carbocycles. The van der Waals surface area contributed by atoms with E-state index in [2.05, 4.69) is 21.1 Å². The van der Waals surface area contributed by atoms with Crippen molar-refractivity contribution in [3.05, 3.63) is 93.1 Å². The second-order valence-corrected chi connectivity index (χ2v) is 15.1. The number of β-lactam (4-membered cyclic amide) rings is 1. The molecule has 2 unspecified atom stereocenters. The van der Waals surface area contributed by atoms with Crippen LogP contribution in [0.25, 0.3) is 0 Å². The van der Waals surface area contributed by atoms with Crippen LogP contribution in [0.1, 0.15) is 56.7 Å². The molecule has 3 amide bonds. The van der Waals surface area contributed by atoms with Gasteiger partial charge in [-0.1, -0.05) is 83.6 Å². The summed E-state index contributed by atoms with van der Waals surface area (Å²) in [6.07, 6.45) is -0.0880. The lowest BCUT2D eigenvalue weighted by Crippen LogP contribution is -2.71. The van der Waals surface area contributed by atoms with Crippen LogP contribution >= 0.6 is 46.9 Å². The van der Waals surface area contributed by atoms with Gasteiger partial charge in [-0.15, -0.1) is 11.8 Å². The Bertz CT molecular complexity index is 1710. The molecule has 0 spiro atoms. The number of anilines is 1. The number of hydrogen-bond donors (Lipinski definition) is 3. The largest absolute Gasteiger partial charge is 0.469 e. The van der Waals surface area contributed by atoms with Gasteiger partial charge in [0, 0.05) is 5.75 Å². The maximum Gasteiger partial charge on any atom is 0.334 e. The van der Waals surface area contributed by atoms with Gasteiger partial charge in [0.1, 0.15) is 33.2 Å². The fourth-order valence-corrected chi connectivity index (χ4v) is 7.86. The van der Waals surface area contributed by atoms with E-state index in [0.29, 0.717) is 17.9 Å². The third-order valence-corrected chi connectivity index (χ3v) is 10.1. The van der Waals surface area contributed by atoms with E-state index in [9.17, 15) is 19.2 Å². The van der Waals surface area contributed by atoms with Gasteiger partial charge < -0.3 is 20.1 Å². The predicted octanol–water partition coefficient (Wildman–Crippen LogP) is 5.08. The molecular formula is C33H34ClN5O7S3. The molecule has 49 heavy (non-hydrogen) atoms. The molecule has 5 rings (SSSR count). The number of rotatable bonds is 13. The zero-order valence-electron chi connectivity index (χ0n) is 26.9. The summed E-state index contributed by atoms with van der Waals surface area (Å²) in [5, 5.41) is 4.99. The summed E-state index contributed by atoms with van der Waals surface area (Å²) in [5.74, 6) is -1.22. The average Bonchev–Trinajstić information content (AvgIpc) is 3.43. The third kappa shape index (κ3) is 8.66. The van der Waals surface area contributed by atoms with Crippen molar-refractivity contribution in [3.63, 3.8) is 0 Å². The van der Waals surface area contributed by atoms with Crippen LogP contribution < -0.4 is 16.1 Å². The number of nitrogens with zero attached hydrogens (tertiary/aromatic N) is 2. The van der Waals surface area contributed by atoms with E-state index >= 15 is 0 Å². The molecular weight excluding hydrogens is 710 g/mol. The van der Waals surface area contributed by atoms with Gasteiger partial charge in [0.05, 0.1) is 5.70 Å². The normalized spacial score (nSPS) is 17.9. The van der Waals surface area contributed by atoms with Crippen molar-refractivity contribution in [2.45, 2.75) is 56.9 Å². The van der Waals surface area contributed by atoms with Crippen LogP contribution in [0.5, 0.6) is 0 Å². The highest BCUT2D eigenvalue weighted by atomic mass is 35.5. The molecule has 258 valence electrons. The molecule has 3 heterocycles. The number of fused-ring (bicyclic) bond motifs is 1. The Labute approximate surface area is 301 Å². The molecule has 3 N–H and O–H groups in total.